The minimum Gasteiger partial charge on any atom is -0.507 e. The van der Waals surface area contributed by atoms with Gasteiger partial charge in [0, 0.05) is 16.5 Å². The molecular weight excluding hydrogens is 344 g/mol. The van der Waals surface area contributed by atoms with Gasteiger partial charge in [0.1, 0.15) is 5.76 Å². The molecular formula is C26H28O2. The van der Waals surface area contributed by atoms with E-state index in [9.17, 15) is 9.90 Å². The monoisotopic (exact) mass is 372 g/mol. The van der Waals surface area contributed by atoms with Gasteiger partial charge < -0.3 is 5.11 Å². The maximum Gasteiger partial charge on any atom is 0.170 e. The van der Waals surface area contributed by atoms with Crippen molar-refractivity contribution in [3.8, 4) is 0 Å². The Balaban J connectivity index is 1.66. The summed E-state index contributed by atoms with van der Waals surface area (Å²) in [6, 6.07) is 18.2. The first kappa shape index (κ1) is 17.7. The van der Waals surface area contributed by atoms with E-state index < -0.39 is 0 Å². The molecule has 2 aromatic carbocycles. The summed E-state index contributed by atoms with van der Waals surface area (Å²) in [7, 11) is 0. The summed E-state index contributed by atoms with van der Waals surface area (Å²) in [5, 5.41) is 11.2. The van der Waals surface area contributed by atoms with Crippen LogP contribution < -0.4 is 0 Å². The minimum absolute atomic E-state index is 0.159. The second-order valence-corrected chi connectivity index (χ2v) is 8.79. The first-order valence-electron chi connectivity index (χ1n) is 10.8. The zero-order valence-corrected chi connectivity index (χ0v) is 16.4. The van der Waals surface area contributed by atoms with Crippen LogP contribution in [0.15, 0.2) is 60.2 Å². The van der Waals surface area contributed by atoms with Crippen molar-refractivity contribution in [2.24, 2.45) is 11.3 Å². The second-order valence-electron chi connectivity index (χ2n) is 8.79. The average molecular weight is 373 g/mol. The van der Waals surface area contributed by atoms with Gasteiger partial charge in [0.25, 0.3) is 0 Å². The summed E-state index contributed by atoms with van der Waals surface area (Å²) in [6.07, 6.45) is 8.54. The number of benzene rings is 2. The van der Waals surface area contributed by atoms with Gasteiger partial charge in [0.2, 0.25) is 0 Å². The van der Waals surface area contributed by atoms with Gasteiger partial charge >= 0.3 is 0 Å². The molecule has 2 fully saturated rings. The van der Waals surface area contributed by atoms with E-state index in [1.54, 1.807) is 0 Å². The number of fused-ring (bicyclic) bond motifs is 3. The molecule has 3 atom stereocenters. The predicted molar refractivity (Wildman–Crippen MR) is 112 cm³/mol. The van der Waals surface area contributed by atoms with Crippen LogP contribution in [0.3, 0.4) is 0 Å². The highest BCUT2D eigenvalue weighted by Crippen LogP contribution is 2.62. The van der Waals surface area contributed by atoms with E-state index in [1.165, 1.54) is 12.0 Å². The van der Waals surface area contributed by atoms with Gasteiger partial charge in [-0.25, -0.2) is 0 Å². The number of ketones is 1. The van der Waals surface area contributed by atoms with Crippen molar-refractivity contribution in [1.82, 2.24) is 0 Å². The van der Waals surface area contributed by atoms with Crippen molar-refractivity contribution in [1.29, 1.82) is 0 Å². The number of aliphatic hydroxyl groups excluding tert-OH is 1. The Labute approximate surface area is 167 Å². The number of aliphatic hydroxyl groups is 1. The highest BCUT2D eigenvalue weighted by molar-refractivity contribution is 6.06. The van der Waals surface area contributed by atoms with E-state index in [-0.39, 0.29) is 11.3 Å². The zero-order chi connectivity index (χ0) is 19.1. The fraction of sp³-hybridized carbons (Fsp3) is 0.423. The molecule has 144 valence electrons. The predicted octanol–water partition coefficient (Wildman–Crippen LogP) is 6.69. The molecule has 0 heterocycles. The van der Waals surface area contributed by atoms with Crippen LogP contribution in [0, 0.1) is 11.3 Å². The fourth-order valence-corrected chi connectivity index (χ4v) is 6.38. The van der Waals surface area contributed by atoms with Crippen LogP contribution in [0.4, 0.5) is 0 Å². The molecule has 2 aromatic rings. The van der Waals surface area contributed by atoms with Crippen molar-refractivity contribution < 1.29 is 9.90 Å². The van der Waals surface area contributed by atoms with E-state index in [4.69, 9.17) is 0 Å². The quantitative estimate of drug-likeness (QED) is 0.597. The lowest BCUT2D eigenvalue weighted by Crippen LogP contribution is -2.43. The Bertz CT molecular complexity index is 926. The first-order valence-corrected chi connectivity index (χ1v) is 10.8. The van der Waals surface area contributed by atoms with Gasteiger partial charge in [-0.15, -0.1) is 0 Å². The van der Waals surface area contributed by atoms with E-state index in [0.29, 0.717) is 17.5 Å². The van der Waals surface area contributed by atoms with Crippen LogP contribution in [0.2, 0.25) is 0 Å². The smallest absolute Gasteiger partial charge is 0.170 e. The Kier molecular flexibility index (Phi) is 4.38. The summed E-state index contributed by atoms with van der Waals surface area (Å²) in [6.45, 7) is 0. The van der Waals surface area contributed by atoms with Gasteiger partial charge in [-0.05, 0) is 55.1 Å². The minimum atomic E-state index is -0.347. The lowest BCUT2D eigenvalue weighted by Gasteiger charge is -2.47. The average Bonchev–Trinajstić information content (AvgIpc) is 3.04. The van der Waals surface area contributed by atoms with Crippen molar-refractivity contribution in [2.45, 2.75) is 57.3 Å². The van der Waals surface area contributed by atoms with Gasteiger partial charge in [0.15, 0.2) is 5.78 Å². The standard InChI is InChI=1S/C26H28O2/c27-24(18-10-2-1-3-11-18)21-14-6-7-15-23(21)26-17-9-8-16-22(26)19-12-4-5-13-20(19)25(26)28/h1-5,10-13,22-23,27H,6-9,14-17H2/b24-21-/t22-,23-,26-/m0/s1. The molecule has 0 radical (unpaired) electrons. The van der Waals surface area contributed by atoms with E-state index in [0.717, 1.165) is 61.6 Å². The molecule has 0 aliphatic heterocycles. The van der Waals surface area contributed by atoms with Crippen LogP contribution in [0.25, 0.3) is 5.76 Å². The van der Waals surface area contributed by atoms with Crippen molar-refractivity contribution >= 4 is 11.5 Å². The lowest BCUT2D eigenvalue weighted by molar-refractivity contribution is 0.0512. The van der Waals surface area contributed by atoms with Crippen LogP contribution >= 0.6 is 0 Å². The van der Waals surface area contributed by atoms with Gasteiger partial charge in [-0.3, -0.25) is 4.79 Å². The summed E-state index contributed by atoms with van der Waals surface area (Å²) < 4.78 is 0. The maximum absolute atomic E-state index is 13.9. The van der Waals surface area contributed by atoms with Crippen LogP contribution in [-0.4, -0.2) is 10.9 Å². The second kappa shape index (κ2) is 6.92. The highest BCUT2D eigenvalue weighted by Gasteiger charge is 2.58. The number of carbonyl (C=O) groups excluding carboxylic acids is 1. The fourth-order valence-electron chi connectivity index (χ4n) is 6.38. The number of allylic oxidation sites excluding steroid dienone is 1. The van der Waals surface area contributed by atoms with Gasteiger partial charge in [-0.2, -0.15) is 0 Å². The molecule has 28 heavy (non-hydrogen) atoms. The Morgan fingerprint density at radius 1 is 0.857 bits per heavy atom. The van der Waals surface area contributed by atoms with Crippen molar-refractivity contribution in [3.05, 3.63) is 76.9 Å². The molecule has 0 amide bonds. The van der Waals surface area contributed by atoms with Crippen LogP contribution in [0.1, 0.15) is 78.8 Å². The normalized spacial score (nSPS) is 31.2. The Morgan fingerprint density at radius 3 is 2.43 bits per heavy atom. The summed E-state index contributed by atoms with van der Waals surface area (Å²) in [5.41, 5.74) is 3.87. The van der Waals surface area contributed by atoms with E-state index >= 15 is 0 Å². The maximum atomic E-state index is 13.9. The third-order valence-electron chi connectivity index (χ3n) is 7.54. The lowest BCUT2D eigenvalue weighted by atomic mass is 9.55. The number of hydrogen-bond acceptors (Lipinski definition) is 2. The molecule has 5 rings (SSSR count). The molecule has 0 aromatic heterocycles. The topological polar surface area (TPSA) is 37.3 Å². The van der Waals surface area contributed by atoms with Gasteiger partial charge in [-0.1, -0.05) is 73.9 Å². The number of carbonyl (C=O) groups is 1. The summed E-state index contributed by atoms with van der Waals surface area (Å²) in [4.78, 5) is 13.9. The van der Waals surface area contributed by atoms with Crippen molar-refractivity contribution in [2.75, 3.05) is 0 Å². The molecule has 1 N–H and O–H groups in total. The number of Topliss-reactive ketones (excluding diaryl/α,β-unsaturated/α-hetero) is 1. The van der Waals surface area contributed by atoms with Gasteiger partial charge in [0.05, 0.1) is 0 Å². The molecule has 3 aliphatic carbocycles. The molecule has 0 saturated heterocycles. The molecule has 3 aliphatic rings. The Morgan fingerprint density at radius 2 is 1.57 bits per heavy atom. The molecule has 2 saturated carbocycles. The SMILES string of the molecule is O=C1c2ccccc2[C@@H]2CCCC[C@]12[C@H]1CCCC/C1=C(/O)c1ccccc1. The molecule has 0 bridgehead atoms. The zero-order valence-electron chi connectivity index (χ0n) is 16.4. The third-order valence-corrected chi connectivity index (χ3v) is 7.54. The highest BCUT2D eigenvalue weighted by atomic mass is 16.3. The van der Waals surface area contributed by atoms with Crippen LogP contribution in [0.5, 0.6) is 0 Å². The number of rotatable bonds is 2. The molecule has 2 heteroatoms. The summed E-state index contributed by atoms with van der Waals surface area (Å²) >= 11 is 0. The summed E-state index contributed by atoms with van der Waals surface area (Å²) in [5.74, 6) is 1.24. The van der Waals surface area contributed by atoms with Crippen molar-refractivity contribution in [3.63, 3.8) is 0 Å². The Hall–Kier alpha value is -2.35. The largest absolute Gasteiger partial charge is 0.507 e. The van der Waals surface area contributed by atoms with Crippen LogP contribution in [-0.2, 0) is 0 Å². The van der Waals surface area contributed by atoms with E-state index in [1.807, 2.05) is 42.5 Å². The third kappa shape index (κ3) is 2.50. The molecule has 2 nitrogen and oxygen atoms in total. The molecule has 0 spiro atoms. The number of hydrogen-bond donors (Lipinski definition) is 1. The first-order chi connectivity index (χ1) is 13.7. The van der Waals surface area contributed by atoms with E-state index in [2.05, 4.69) is 12.1 Å². The molecule has 0 unspecified atom stereocenters.